The van der Waals surface area contributed by atoms with Crippen LogP contribution in [0.25, 0.3) is 10.9 Å². The lowest BCUT2D eigenvalue weighted by Gasteiger charge is -2.04. The zero-order valence-electron chi connectivity index (χ0n) is 14.4. The molecule has 1 aromatic carbocycles. The molecule has 0 aliphatic heterocycles. The van der Waals surface area contributed by atoms with Crippen LogP contribution in [0.5, 0.6) is 0 Å². The smallest absolute Gasteiger partial charge is 0.305 e. The average Bonchev–Trinajstić information content (AvgIpc) is 3.01. The SMILES string of the molecule is CCOC(=O)CCCCCNC(=O)c1cc2cc(C(=N)N)ccc2[nH]1. The summed E-state index contributed by atoms with van der Waals surface area (Å²) in [4.78, 5) is 26.4. The Hall–Kier alpha value is -2.83. The molecule has 1 amide bonds. The van der Waals surface area contributed by atoms with Gasteiger partial charge in [0, 0.05) is 29.4 Å². The molecular weight excluding hydrogens is 320 g/mol. The van der Waals surface area contributed by atoms with Gasteiger partial charge in [0.05, 0.1) is 6.61 Å². The zero-order chi connectivity index (χ0) is 18.2. The fourth-order valence-corrected chi connectivity index (χ4v) is 2.52. The molecule has 0 unspecified atom stereocenters. The molecule has 5 N–H and O–H groups in total. The minimum absolute atomic E-state index is 0.00285. The number of aromatic nitrogens is 1. The number of nitrogens with one attached hydrogen (secondary N) is 3. The number of rotatable bonds is 9. The van der Waals surface area contributed by atoms with Crippen LogP contribution in [-0.4, -0.2) is 35.8 Å². The van der Waals surface area contributed by atoms with Crippen molar-refractivity contribution in [3.63, 3.8) is 0 Å². The molecule has 7 heteroatoms. The highest BCUT2D eigenvalue weighted by atomic mass is 16.5. The number of hydrogen-bond donors (Lipinski definition) is 4. The summed E-state index contributed by atoms with van der Waals surface area (Å²) in [6.07, 6.45) is 2.84. The van der Waals surface area contributed by atoms with Gasteiger partial charge < -0.3 is 20.8 Å². The van der Waals surface area contributed by atoms with E-state index in [0.717, 1.165) is 30.2 Å². The number of hydrogen-bond acceptors (Lipinski definition) is 4. The summed E-state index contributed by atoms with van der Waals surface area (Å²) in [5, 5.41) is 11.2. The molecule has 0 bridgehead atoms. The van der Waals surface area contributed by atoms with Gasteiger partial charge in [-0.05, 0) is 44.0 Å². The number of fused-ring (bicyclic) bond motifs is 1. The van der Waals surface area contributed by atoms with E-state index in [1.54, 1.807) is 31.2 Å². The van der Waals surface area contributed by atoms with E-state index >= 15 is 0 Å². The van der Waals surface area contributed by atoms with E-state index in [1.807, 2.05) is 0 Å². The summed E-state index contributed by atoms with van der Waals surface area (Å²) in [7, 11) is 0. The van der Waals surface area contributed by atoms with Gasteiger partial charge >= 0.3 is 5.97 Å². The van der Waals surface area contributed by atoms with Crippen LogP contribution in [0.4, 0.5) is 0 Å². The van der Waals surface area contributed by atoms with Gasteiger partial charge in [-0.3, -0.25) is 15.0 Å². The third kappa shape index (κ3) is 5.34. The minimum atomic E-state index is -0.175. The van der Waals surface area contributed by atoms with Crippen LogP contribution in [-0.2, 0) is 9.53 Å². The molecule has 0 saturated carbocycles. The van der Waals surface area contributed by atoms with Gasteiger partial charge in [0.1, 0.15) is 11.5 Å². The monoisotopic (exact) mass is 344 g/mol. The van der Waals surface area contributed by atoms with Gasteiger partial charge in [0.15, 0.2) is 0 Å². The fraction of sp³-hybridized carbons (Fsp3) is 0.389. The summed E-state index contributed by atoms with van der Waals surface area (Å²) in [6, 6.07) is 7.07. The van der Waals surface area contributed by atoms with Crippen molar-refractivity contribution in [1.29, 1.82) is 5.41 Å². The lowest BCUT2D eigenvalue weighted by Crippen LogP contribution is -2.24. The van der Waals surface area contributed by atoms with E-state index in [1.165, 1.54) is 0 Å². The highest BCUT2D eigenvalue weighted by Gasteiger charge is 2.10. The van der Waals surface area contributed by atoms with Gasteiger partial charge in [-0.1, -0.05) is 6.42 Å². The maximum absolute atomic E-state index is 12.2. The molecule has 2 rings (SSSR count). The maximum atomic E-state index is 12.2. The number of nitrogen functional groups attached to an aromatic ring is 1. The molecule has 1 heterocycles. The summed E-state index contributed by atoms with van der Waals surface area (Å²) in [5.41, 5.74) is 7.40. The number of carbonyl (C=O) groups excluding carboxylic acids is 2. The first-order valence-corrected chi connectivity index (χ1v) is 8.42. The summed E-state index contributed by atoms with van der Waals surface area (Å²) < 4.78 is 4.86. The van der Waals surface area contributed by atoms with Crippen molar-refractivity contribution in [1.82, 2.24) is 10.3 Å². The Morgan fingerprint density at radius 2 is 2.04 bits per heavy atom. The van der Waals surface area contributed by atoms with Crippen molar-refractivity contribution in [3.8, 4) is 0 Å². The van der Waals surface area contributed by atoms with Crippen LogP contribution in [0.3, 0.4) is 0 Å². The molecule has 0 spiro atoms. The van der Waals surface area contributed by atoms with Crippen molar-refractivity contribution in [3.05, 3.63) is 35.5 Å². The van der Waals surface area contributed by atoms with Crippen LogP contribution >= 0.6 is 0 Å². The number of benzene rings is 1. The van der Waals surface area contributed by atoms with Crippen molar-refractivity contribution in [2.45, 2.75) is 32.6 Å². The van der Waals surface area contributed by atoms with Crippen LogP contribution in [0.2, 0.25) is 0 Å². The van der Waals surface area contributed by atoms with Crippen LogP contribution in [0.15, 0.2) is 24.3 Å². The maximum Gasteiger partial charge on any atom is 0.305 e. The Kier molecular flexibility index (Phi) is 6.56. The van der Waals surface area contributed by atoms with E-state index in [-0.39, 0.29) is 17.7 Å². The highest BCUT2D eigenvalue weighted by molar-refractivity contribution is 6.02. The van der Waals surface area contributed by atoms with E-state index in [0.29, 0.717) is 30.8 Å². The minimum Gasteiger partial charge on any atom is -0.466 e. The lowest BCUT2D eigenvalue weighted by atomic mass is 10.1. The number of H-pyrrole nitrogens is 1. The first kappa shape index (κ1) is 18.5. The highest BCUT2D eigenvalue weighted by Crippen LogP contribution is 2.17. The van der Waals surface area contributed by atoms with E-state index < -0.39 is 0 Å². The van der Waals surface area contributed by atoms with Gasteiger partial charge in [-0.25, -0.2) is 0 Å². The van der Waals surface area contributed by atoms with Gasteiger partial charge in [-0.15, -0.1) is 0 Å². The third-order valence-electron chi connectivity index (χ3n) is 3.82. The third-order valence-corrected chi connectivity index (χ3v) is 3.82. The molecule has 0 atom stereocenters. The Labute approximate surface area is 146 Å². The normalized spacial score (nSPS) is 10.6. The number of nitrogens with two attached hydrogens (primary N) is 1. The molecular formula is C18H24N4O3. The number of amidine groups is 1. The Morgan fingerprint density at radius 1 is 1.24 bits per heavy atom. The molecule has 0 aliphatic rings. The zero-order valence-corrected chi connectivity index (χ0v) is 14.4. The largest absolute Gasteiger partial charge is 0.466 e. The van der Waals surface area contributed by atoms with E-state index in [2.05, 4.69) is 10.3 Å². The van der Waals surface area contributed by atoms with Crippen molar-refractivity contribution in [2.24, 2.45) is 5.73 Å². The lowest BCUT2D eigenvalue weighted by molar-refractivity contribution is -0.143. The summed E-state index contributed by atoms with van der Waals surface area (Å²) >= 11 is 0. The molecule has 25 heavy (non-hydrogen) atoms. The van der Waals surface area contributed by atoms with Crippen molar-refractivity contribution >= 4 is 28.6 Å². The number of aromatic amines is 1. The van der Waals surface area contributed by atoms with Crippen molar-refractivity contribution < 1.29 is 14.3 Å². The molecule has 0 radical (unpaired) electrons. The number of esters is 1. The van der Waals surface area contributed by atoms with E-state index in [4.69, 9.17) is 15.9 Å². The molecule has 0 saturated heterocycles. The fourth-order valence-electron chi connectivity index (χ4n) is 2.52. The number of ether oxygens (including phenoxy) is 1. The quantitative estimate of drug-likeness (QED) is 0.241. The second kappa shape index (κ2) is 8.86. The Bertz CT molecular complexity index is 767. The van der Waals surface area contributed by atoms with Gasteiger partial charge in [0.25, 0.3) is 5.91 Å². The predicted octanol–water partition coefficient (Wildman–Crippen LogP) is 2.31. The van der Waals surface area contributed by atoms with Gasteiger partial charge in [-0.2, -0.15) is 0 Å². The second-order valence-corrected chi connectivity index (χ2v) is 5.77. The predicted molar refractivity (Wildman–Crippen MR) is 96.7 cm³/mol. The van der Waals surface area contributed by atoms with Gasteiger partial charge in [0.2, 0.25) is 0 Å². The number of amides is 1. The molecule has 0 aliphatic carbocycles. The molecule has 1 aromatic heterocycles. The summed E-state index contributed by atoms with van der Waals surface area (Å²) in [6.45, 7) is 2.75. The molecule has 134 valence electrons. The van der Waals surface area contributed by atoms with Crippen LogP contribution in [0.1, 0.15) is 48.7 Å². The average molecular weight is 344 g/mol. The molecule has 7 nitrogen and oxygen atoms in total. The van der Waals surface area contributed by atoms with E-state index in [9.17, 15) is 9.59 Å². The molecule has 2 aromatic rings. The second-order valence-electron chi connectivity index (χ2n) is 5.77. The first-order chi connectivity index (χ1) is 12.0. The standard InChI is InChI=1S/C18H24N4O3/c1-2-25-16(23)6-4-3-5-9-21-18(24)15-11-13-10-12(17(19)20)7-8-14(13)22-15/h7-8,10-11,22H,2-6,9H2,1H3,(H3,19,20)(H,21,24). The Balaban J connectivity index is 1.78. The topological polar surface area (TPSA) is 121 Å². The van der Waals surface area contributed by atoms with Crippen LogP contribution < -0.4 is 11.1 Å². The summed E-state index contributed by atoms with van der Waals surface area (Å²) in [5.74, 6) is -0.350. The first-order valence-electron chi connectivity index (χ1n) is 8.42. The Morgan fingerprint density at radius 3 is 2.76 bits per heavy atom. The van der Waals surface area contributed by atoms with Crippen molar-refractivity contribution in [2.75, 3.05) is 13.2 Å². The molecule has 0 fully saturated rings. The number of unbranched alkanes of at least 4 members (excludes halogenated alkanes) is 2. The van der Waals surface area contributed by atoms with Crippen LogP contribution in [0, 0.1) is 5.41 Å². The number of carbonyl (C=O) groups is 2.